The van der Waals surface area contributed by atoms with Crippen molar-refractivity contribution in [3.8, 4) is 23.0 Å². The van der Waals surface area contributed by atoms with Crippen LogP contribution in [0.5, 0.6) is 11.5 Å². The van der Waals surface area contributed by atoms with Gasteiger partial charge >= 0.3 is 0 Å². The minimum atomic E-state index is 0.201. The first-order valence-electron chi connectivity index (χ1n) is 10.9. The zero-order chi connectivity index (χ0) is 21.7. The van der Waals surface area contributed by atoms with Crippen LogP contribution in [0.25, 0.3) is 22.5 Å². The smallest absolute Gasteiger partial charge is 0.231 e. The maximum Gasteiger partial charge on any atom is 0.231 e. The Hall–Kier alpha value is -3.03. The van der Waals surface area contributed by atoms with Crippen molar-refractivity contribution in [1.82, 2.24) is 19.9 Å². The van der Waals surface area contributed by atoms with Gasteiger partial charge in [-0.15, -0.1) is 0 Å². The molecule has 0 bridgehead atoms. The van der Waals surface area contributed by atoms with E-state index in [9.17, 15) is 0 Å². The minimum Gasteiger partial charge on any atom is -0.454 e. The summed E-state index contributed by atoms with van der Waals surface area (Å²) in [5.41, 5.74) is 3.76. The van der Waals surface area contributed by atoms with Gasteiger partial charge in [0.25, 0.3) is 0 Å². The summed E-state index contributed by atoms with van der Waals surface area (Å²) in [6, 6.07) is 11.8. The molecular weight excluding hydrogens is 428 g/mol. The number of benzene rings is 2. The Morgan fingerprint density at radius 2 is 2.00 bits per heavy atom. The Kier molecular flexibility index (Phi) is 4.81. The normalized spacial score (nSPS) is 18.5. The van der Waals surface area contributed by atoms with Crippen molar-refractivity contribution >= 4 is 22.6 Å². The highest BCUT2D eigenvalue weighted by Crippen LogP contribution is 2.41. The average molecular weight is 451 g/mol. The molecule has 0 radical (unpaired) electrons. The van der Waals surface area contributed by atoms with Crippen molar-refractivity contribution < 1.29 is 13.9 Å². The van der Waals surface area contributed by atoms with E-state index in [0.29, 0.717) is 33.9 Å². The number of ether oxygens (including phenoxy) is 2. The molecule has 2 aromatic carbocycles. The van der Waals surface area contributed by atoms with Gasteiger partial charge < -0.3 is 18.9 Å². The largest absolute Gasteiger partial charge is 0.454 e. The molecule has 0 spiro atoms. The van der Waals surface area contributed by atoms with Gasteiger partial charge in [-0.25, -0.2) is 9.97 Å². The number of oxazole rings is 1. The maximum absolute atomic E-state index is 6.46. The number of likely N-dealkylation sites (tertiary alicyclic amines) is 1. The number of aryl methyl sites for hydroxylation is 1. The lowest BCUT2D eigenvalue weighted by molar-refractivity contribution is 0.174. The Labute approximate surface area is 190 Å². The molecule has 7 nitrogen and oxygen atoms in total. The van der Waals surface area contributed by atoms with E-state index < -0.39 is 0 Å². The molecule has 6 rings (SSSR count). The van der Waals surface area contributed by atoms with Crippen LogP contribution in [-0.4, -0.2) is 39.7 Å². The van der Waals surface area contributed by atoms with E-state index in [1.165, 1.54) is 0 Å². The fourth-order valence-electron chi connectivity index (χ4n) is 4.57. The number of halogens is 1. The molecule has 2 aliphatic heterocycles. The molecule has 1 fully saturated rings. The summed E-state index contributed by atoms with van der Waals surface area (Å²) in [7, 11) is 0. The number of hydrogen-bond donors (Lipinski definition) is 1. The van der Waals surface area contributed by atoms with E-state index in [2.05, 4.69) is 22.0 Å². The molecule has 1 atom stereocenters. The zero-order valence-corrected chi connectivity index (χ0v) is 18.5. The van der Waals surface area contributed by atoms with Crippen LogP contribution in [0.15, 0.2) is 40.8 Å². The van der Waals surface area contributed by atoms with E-state index in [-0.39, 0.29) is 6.79 Å². The number of imidazole rings is 1. The van der Waals surface area contributed by atoms with E-state index in [4.69, 9.17) is 35.5 Å². The van der Waals surface area contributed by atoms with Gasteiger partial charge in [-0.1, -0.05) is 23.7 Å². The molecule has 1 saturated heterocycles. The molecule has 164 valence electrons. The van der Waals surface area contributed by atoms with Crippen molar-refractivity contribution in [3.05, 3.63) is 58.7 Å². The topological polar surface area (TPSA) is 76.4 Å². The lowest BCUT2D eigenvalue weighted by atomic mass is 9.97. The molecular formula is C24H23ClN4O3. The summed E-state index contributed by atoms with van der Waals surface area (Å²) in [6.45, 7) is 4.85. The maximum atomic E-state index is 6.46. The van der Waals surface area contributed by atoms with Crippen molar-refractivity contribution in [2.45, 2.75) is 32.2 Å². The summed E-state index contributed by atoms with van der Waals surface area (Å²) in [4.78, 5) is 15.5. The highest BCUT2D eigenvalue weighted by Gasteiger charge is 2.26. The van der Waals surface area contributed by atoms with Gasteiger partial charge in [0.1, 0.15) is 11.6 Å². The molecule has 32 heavy (non-hydrogen) atoms. The number of piperidine rings is 1. The number of aromatic amines is 1. The molecule has 0 amide bonds. The van der Waals surface area contributed by atoms with E-state index in [0.717, 1.165) is 60.8 Å². The highest BCUT2D eigenvalue weighted by molar-refractivity contribution is 6.33. The molecule has 2 aromatic heterocycles. The van der Waals surface area contributed by atoms with Crippen LogP contribution in [0, 0.1) is 6.92 Å². The second kappa shape index (κ2) is 7.83. The molecule has 0 saturated carbocycles. The third-order valence-corrected chi connectivity index (χ3v) is 6.57. The van der Waals surface area contributed by atoms with Gasteiger partial charge in [0.2, 0.25) is 12.7 Å². The van der Waals surface area contributed by atoms with Gasteiger partial charge in [0, 0.05) is 25.1 Å². The first-order chi connectivity index (χ1) is 15.6. The number of fused-ring (bicyclic) bond motifs is 2. The molecule has 1 N–H and O–H groups in total. The molecule has 4 heterocycles. The number of H-pyrrole nitrogens is 1. The molecule has 0 aliphatic carbocycles. The van der Waals surface area contributed by atoms with E-state index >= 15 is 0 Å². The zero-order valence-electron chi connectivity index (χ0n) is 17.7. The molecule has 1 unspecified atom stereocenters. The van der Waals surface area contributed by atoms with Crippen LogP contribution >= 0.6 is 11.6 Å². The van der Waals surface area contributed by atoms with Crippen LogP contribution in [0.4, 0.5) is 0 Å². The lowest BCUT2D eigenvalue weighted by Gasteiger charge is -2.31. The number of nitrogens with zero attached hydrogens (tertiary/aromatic N) is 3. The van der Waals surface area contributed by atoms with Gasteiger partial charge in [-0.3, -0.25) is 4.90 Å². The first-order valence-corrected chi connectivity index (χ1v) is 11.2. The minimum absolute atomic E-state index is 0.201. The van der Waals surface area contributed by atoms with Gasteiger partial charge in [0.05, 0.1) is 27.3 Å². The fourth-order valence-corrected chi connectivity index (χ4v) is 4.81. The third-order valence-electron chi connectivity index (χ3n) is 6.26. The first kappa shape index (κ1) is 19.6. The average Bonchev–Trinajstić information content (AvgIpc) is 3.51. The predicted octanol–water partition coefficient (Wildman–Crippen LogP) is 5.29. The standard InChI is InChI=1S/C24H23ClN4O3/c1-14-20(28-24(32-14)16-9-21-22(10-17(16)25)31-13-30-21)12-29-8-4-5-15(11-29)23-26-18-6-2-3-7-19(18)27-23/h2-3,6-7,9-10,15H,4-5,8,11-13H2,1H3,(H,26,27). The quantitative estimate of drug-likeness (QED) is 0.455. The van der Waals surface area contributed by atoms with Crippen molar-refractivity contribution in [1.29, 1.82) is 0 Å². The van der Waals surface area contributed by atoms with Gasteiger partial charge in [0.15, 0.2) is 11.5 Å². The Bertz CT molecular complexity index is 1260. The van der Waals surface area contributed by atoms with Crippen molar-refractivity contribution in [2.24, 2.45) is 0 Å². The van der Waals surface area contributed by atoms with Crippen LogP contribution in [0.2, 0.25) is 5.02 Å². The third kappa shape index (κ3) is 3.51. The van der Waals surface area contributed by atoms with E-state index in [1.807, 2.05) is 25.1 Å². The predicted molar refractivity (Wildman–Crippen MR) is 121 cm³/mol. The van der Waals surface area contributed by atoms with Crippen LogP contribution < -0.4 is 9.47 Å². The van der Waals surface area contributed by atoms with Crippen LogP contribution in [0.1, 0.15) is 36.0 Å². The van der Waals surface area contributed by atoms with Crippen LogP contribution in [0.3, 0.4) is 0 Å². The number of para-hydroxylation sites is 2. The Morgan fingerprint density at radius 1 is 1.16 bits per heavy atom. The number of rotatable bonds is 4. The lowest BCUT2D eigenvalue weighted by Crippen LogP contribution is -2.34. The number of hydrogen-bond acceptors (Lipinski definition) is 6. The van der Waals surface area contributed by atoms with Crippen molar-refractivity contribution in [2.75, 3.05) is 19.9 Å². The summed E-state index contributed by atoms with van der Waals surface area (Å²) in [5.74, 6) is 4.07. The fraction of sp³-hybridized carbons (Fsp3) is 0.333. The second-order valence-electron chi connectivity index (χ2n) is 8.42. The van der Waals surface area contributed by atoms with Gasteiger partial charge in [-0.05, 0) is 44.5 Å². The molecule has 8 heteroatoms. The van der Waals surface area contributed by atoms with Crippen molar-refractivity contribution in [3.63, 3.8) is 0 Å². The Balaban J connectivity index is 1.21. The highest BCUT2D eigenvalue weighted by atomic mass is 35.5. The summed E-state index contributed by atoms with van der Waals surface area (Å²) in [6.07, 6.45) is 2.26. The monoisotopic (exact) mass is 450 g/mol. The summed E-state index contributed by atoms with van der Waals surface area (Å²) < 4.78 is 16.9. The molecule has 4 aromatic rings. The Morgan fingerprint density at radius 3 is 2.88 bits per heavy atom. The number of aromatic nitrogens is 3. The summed E-state index contributed by atoms with van der Waals surface area (Å²) in [5, 5.41) is 0.532. The SMILES string of the molecule is Cc1oc(-c2cc3c(cc2Cl)OCO3)nc1CN1CCCC(c2nc3ccccc3[nH]2)C1. The second-order valence-corrected chi connectivity index (χ2v) is 8.83. The summed E-state index contributed by atoms with van der Waals surface area (Å²) >= 11 is 6.46. The van der Waals surface area contributed by atoms with Gasteiger partial charge in [-0.2, -0.15) is 0 Å². The molecule has 2 aliphatic rings. The number of nitrogens with one attached hydrogen (secondary N) is 1. The van der Waals surface area contributed by atoms with Crippen LogP contribution in [-0.2, 0) is 6.54 Å². The van der Waals surface area contributed by atoms with E-state index in [1.54, 1.807) is 6.07 Å².